The summed E-state index contributed by atoms with van der Waals surface area (Å²) in [6, 6.07) is 5.75. The Kier molecular flexibility index (Phi) is 4.35. The average molecular weight is 264 g/mol. The van der Waals surface area contributed by atoms with Gasteiger partial charge in [0.2, 0.25) is 0 Å². The topological polar surface area (TPSA) is 38.7 Å². The third-order valence-corrected chi connectivity index (χ3v) is 3.91. The fourth-order valence-electron chi connectivity index (χ4n) is 2.12. The van der Waals surface area contributed by atoms with Crippen LogP contribution in [0.3, 0.4) is 0 Å². The molecule has 1 aliphatic heterocycles. The van der Waals surface area contributed by atoms with Gasteiger partial charge in [-0.25, -0.2) is 0 Å². The van der Waals surface area contributed by atoms with Crippen LogP contribution in [0.4, 0.5) is 0 Å². The molecule has 0 saturated carbocycles. The van der Waals surface area contributed by atoms with Crippen molar-refractivity contribution in [3.05, 3.63) is 23.8 Å². The van der Waals surface area contributed by atoms with Gasteiger partial charge in [-0.2, -0.15) is 0 Å². The van der Waals surface area contributed by atoms with Crippen LogP contribution < -0.4 is 9.47 Å². The minimum absolute atomic E-state index is 0.212. The molecule has 19 heavy (non-hydrogen) atoms. The minimum Gasteiger partial charge on any atom is -0.489 e. The van der Waals surface area contributed by atoms with Crippen LogP contribution in [0.1, 0.15) is 39.4 Å². The van der Waals surface area contributed by atoms with E-state index in [9.17, 15) is 5.11 Å². The van der Waals surface area contributed by atoms with E-state index < -0.39 is 6.10 Å². The van der Waals surface area contributed by atoms with Gasteiger partial charge in [-0.1, -0.05) is 33.8 Å². The zero-order valence-electron chi connectivity index (χ0n) is 12.2. The van der Waals surface area contributed by atoms with Gasteiger partial charge < -0.3 is 14.6 Å². The van der Waals surface area contributed by atoms with Crippen LogP contribution in [0.15, 0.2) is 18.2 Å². The lowest BCUT2D eigenvalue weighted by molar-refractivity contribution is 0.0918. The van der Waals surface area contributed by atoms with E-state index >= 15 is 0 Å². The normalized spacial score (nSPS) is 21.9. The van der Waals surface area contributed by atoms with Gasteiger partial charge in [-0.05, 0) is 29.5 Å². The van der Waals surface area contributed by atoms with Crippen molar-refractivity contribution in [2.75, 3.05) is 13.2 Å². The van der Waals surface area contributed by atoms with Crippen molar-refractivity contribution in [2.45, 2.75) is 33.8 Å². The van der Waals surface area contributed by atoms with Gasteiger partial charge in [0.25, 0.3) is 0 Å². The first-order valence-corrected chi connectivity index (χ1v) is 7.06. The quantitative estimate of drug-likeness (QED) is 0.909. The molecule has 1 aliphatic rings. The van der Waals surface area contributed by atoms with Crippen molar-refractivity contribution in [1.29, 1.82) is 0 Å². The number of aliphatic hydroxyl groups is 1. The predicted octanol–water partition coefficient (Wildman–Crippen LogP) is 3.42. The van der Waals surface area contributed by atoms with Gasteiger partial charge in [-0.3, -0.25) is 0 Å². The van der Waals surface area contributed by atoms with Gasteiger partial charge >= 0.3 is 0 Å². The molecule has 3 nitrogen and oxygen atoms in total. The molecule has 3 atom stereocenters. The van der Waals surface area contributed by atoms with E-state index in [1.807, 2.05) is 18.2 Å². The van der Waals surface area contributed by atoms with E-state index in [2.05, 4.69) is 27.7 Å². The Hall–Kier alpha value is -1.22. The summed E-state index contributed by atoms with van der Waals surface area (Å²) in [5.74, 6) is 2.55. The fourth-order valence-corrected chi connectivity index (χ4v) is 2.12. The molecular weight excluding hydrogens is 240 g/mol. The molecule has 0 saturated heterocycles. The molecule has 0 spiro atoms. The molecule has 1 heterocycles. The summed E-state index contributed by atoms with van der Waals surface area (Å²) in [5, 5.41) is 10.4. The molecule has 3 unspecified atom stereocenters. The molecule has 0 radical (unpaired) electrons. The average Bonchev–Trinajstić information content (AvgIpc) is 2.59. The fraction of sp³-hybridized carbons (Fsp3) is 0.625. The number of rotatable bonds is 3. The van der Waals surface area contributed by atoms with Crippen LogP contribution in [0.25, 0.3) is 0 Å². The van der Waals surface area contributed by atoms with Crippen LogP contribution in [-0.2, 0) is 0 Å². The van der Waals surface area contributed by atoms with E-state index in [0.717, 1.165) is 17.1 Å². The van der Waals surface area contributed by atoms with Crippen molar-refractivity contribution in [3.8, 4) is 11.5 Å². The SMILES string of the molecule is CC1COc2ccc(C(O)C(C)C(C)C)cc2OC1. The summed E-state index contributed by atoms with van der Waals surface area (Å²) in [4.78, 5) is 0. The summed E-state index contributed by atoms with van der Waals surface area (Å²) < 4.78 is 11.5. The molecular formula is C16H24O3. The molecule has 0 amide bonds. The number of hydrogen-bond donors (Lipinski definition) is 1. The van der Waals surface area contributed by atoms with Crippen molar-refractivity contribution in [2.24, 2.45) is 17.8 Å². The van der Waals surface area contributed by atoms with E-state index in [1.54, 1.807) is 0 Å². The molecule has 0 aromatic heterocycles. The molecule has 0 fully saturated rings. The van der Waals surface area contributed by atoms with Crippen molar-refractivity contribution in [3.63, 3.8) is 0 Å². The van der Waals surface area contributed by atoms with Crippen molar-refractivity contribution >= 4 is 0 Å². The molecule has 3 heteroatoms. The maximum Gasteiger partial charge on any atom is 0.161 e. The zero-order chi connectivity index (χ0) is 14.0. The maximum absolute atomic E-state index is 10.4. The lowest BCUT2D eigenvalue weighted by Gasteiger charge is -2.23. The Labute approximate surface area is 115 Å². The lowest BCUT2D eigenvalue weighted by Crippen LogP contribution is -2.15. The molecule has 1 aromatic rings. The third-order valence-electron chi connectivity index (χ3n) is 3.91. The second-order valence-electron chi connectivity index (χ2n) is 5.98. The first-order chi connectivity index (χ1) is 8.99. The highest BCUT2D eigenvalue weighted by Gasteiger charge is 2.22. The first-order valence-electron chi connectivity index (χ1n) is 7.06. The zero-order valence-corrected chi connectivity index (χ0v) is 12.2. The predicted molar refractivity (Wildman–Crippen MR) is 75.6 cm³/mol. The first kappa shape index (κ1) is 14.2. The second kappa shape index (κ2) is 5.83. The third kappa shape index (κ3) is 3.21. The summed E-state index contributed by atoms with van der Waals surface area (Å²) in [5.41, 5.74) is 0.901. The Morgan fingerprint density at radius 2 is 1.74 bits per heavy atom. The van der Waals surface area contributed by atoms with E-state index in [-0.39, 0.29) is 5.92 Å². The summed E-state index contributed by atoms with van der Waals surface area (Å²) in [7, 11) is 0. The molecule has 0 aliphatic carbocycles. The largest absolute Gasteiger partial charge is 0.489 e. The molecule has 2 rings (SSSR count). The highest BCUT2D eigenvalue weighted by molar-refractivity contribution is 5.44. The van der Waals surface area contributed by atoms with Gasteiger partial charge in [-0.15, -0.1) is 0 Å². The van der Waals surface area contributed by atoms with Gasteiger partial charge in [0.15, 0.2) is 11.5 Å². The lowest BCUT2D eigenvalue weighted by atomic mass is 9.88. The molecule has 1 N–H and O–H groups in total. The highest BCUT2D eigenvalue weighted by atomic mass is 16.5. The number of aliphatic hydroxyl groups excluding tert-OH is 1. The summed E-state index contributed by atoms with van der Waals surface area (Å²) in [6.45, 7) is 9.75. The maximum atomic E-state index is 10.4. The second-order valence-corrected chi connectivity index (χ2v) is 5.98. The summed E-state index contributed by atoms with van der Waals surface area (Å²) in [6.07, 6.45) is -0.463. The number of hydrogen-bond acceptors (Lipinski definition) is 3. The van der Waals surface area contributed by atoms with Crippen LogP contribution in [0.5, 0.6) is 11.5 Å². The smallest absolute Gasteiger partial charge is 0.161 e. The summed E-state index contributed by atoms with van der Waals surface area (Å²) >= 11 is 0. The van der Waals surface area contributed by atoms with Crippen LogP contribution in [-0.4, -0.2) is 18.3 Å². The molecule has 1 aromatic carbocycles. The van der Waals surface area contributed by atoms with E-state index in [4.69, 9.17) is 9.47 Å². The number of ether oxygens (including phenoxy) is 2. The van der Waals surface area contributed by atoms with E-state index in [1.165, 1.54) is 0 Å². The number of benzene rings is 1. The Balaban J connectivity index is 2.21. The molecule has 0 bridgehead atoms. The highest BCUT2D eigenvalue weighted by Crippen LogP contribution is 2.36. The van der Waals surface area contributed by atoms with Crippen molar-refractivity contribution < 1.29 is 14.6 Å². The minimum atomic E-state index is -0.463. The van der Waals surface area contributed by atoms with Gasteiger partial charge in [0.05, 0.1) is 19.3 Å². The molecule has 106 valence electrons. The van der Waals surface area contributed by atoms with Gasteiger partial charge in [0.1, 0.15) is 0 Å². The Bertz CT molecular complexity index is 428. The Morgan fingerprint density at radius 1 is 1.11 bits per heavy atom. The van der Waals surface area contributed by atoms with Gasteiger partial charge in [0, 0.05) is 5.92 Å². The Morgan fingerprint density at radius 3 is 2.37 bits per heavy atom. The van der Waals surface area contributed by atoms with Crippen LogP contribution in [0, 0.1) is 17.8 Å². The van der Waals surface area contributed by atoms with Crippen molar-refractivity contribution in [1.82, 2.24) is 0 Å². The van der Waals surface area contributed by atoms with E-state index in [0.29, 0.717) is 25.0 Å². The monoisotopic (exact) mass is 264 g/mol. The van der Waals surface area contributed by atoms with Crippen LogP contribution in [0.2, 0.25) is 0 Å². The standard InChI is InChI=1S/C16H24O3/c1-10(2)12(4)16(17)13-5-6-14-15(7-13)19-9-11(3)8-18-14/h5-7,10-12,16-17H,8-9H2,1-4H3. The number of fused-ring (bicyclic) bond motifs is 1. The van der Waals surface area contributed by atoms with Crippen LogP contribution >= 0.6 is 0 Å².